The SMILES string of the molecule is C=C/C=C(\C=C/C)CC(=O)N1CCc2cc(/C(CC)=N/C(Cl)=NC)cnc21. The average molecular weight is 385 g/mol. The summed E-state index contributed by atoms with van der Waals surface area (Å²) < 4.78 is 0. The maximum atomic E-state index is 12.7. The number of rotatable bonds is 6. The van der Waals surface area contributed by atoms with Crippen LogP contribution in [0.15, 0.2) is 58.7 Å². The third-order valence-corrected chi connectivity index (χ3v) is 4.51. The molecule has 1 amide bonds. The van der Waals surface area contributed by atoms with E-state index in [1.807, 2.05) is 38.1 Å². The molecule has 0 radical (unpaired) electrons. The third-order valence-electron chi connectivity index (χ3n) is 4.25. The molecule has 0 bridgehead atoms. The van der Waals surface area contributed by atoms with Gasteiger partial charge in [-0.2, -0.15) is 0 Å². The topological polar surface area (TPSA) is 57.9 Å². The van der Waals surface area contributed by atoms with Crippen molar-refractivity contribution < 1.29 is 4.79 Å². The van der Waals surface area contributed by atoms with Crippen molar-refractivity contribution in [3.05, 3.63) is 59.8 Å². The fourth-order valence-corrected chi connectivity index (χ4v) is 3.09. The van der Waals surface area contributed by atoms with Crippen molar-refractivity contribution in [1.29, 1.82) is 0 Å². The van der Waals surface area contributed by atoms with Crippen LogP contribution in [0.4, 0.5) is 5.82 Å². The predicted molar refractivity (Wildman–Crippen MR) is 114 cm³/mol. The van der Waals surface area contributed by atoms with Crippen molar-refractivity contribution in [2.75, 3.05) is 18.5 Å². The van der Waals surface area contributed by atoms with Gasteiger partial charge in [-0.25, -0.2) is 9.98 Å². The van der Waals surface area contributed by atoms with E-state index in [4.69, 9.17) is 11.6 Å². The van der Waals surface area contributed by atoms with Crippen LogP contribution in [0.1, 0.15) is 37.8 Å². The molecule has 0 aliphatic carbocycles. The largest absolute Gasteiger partial charge is 0.296 e. The number of nitrogens with zero attached hydrogens (tertiary/aromatic N) is 4. The number of hydrogen-bond donors (Lipinski definition) is 0. The van der Waals surface area contributed by atoms with Crippen LogP contribution in [0, 0.1) is 0 Å². The highest BCUT2D eigenvalue weighted by Crippen LogP contribution is 2.28. The zero-order valence-corrected chi connectivity index (χ0v) is 16.8. The maximum Gasteiger partial charge on any atom is 0.232 e. The Labute approximate surface area is 165 Å². The van der Waals surface area contributed by atoms with Crippen LogP contribution in [-0.2, 0) is 11.2 Å². The number of amidine groups is 1. The van der Waals surface area contributed by atoms with E-state index in [1.54, 1.807) is 24.2 Å². The van der Waals surface area contributed by atoms with Crippen LogP contribution in [0.2, 0.25) is 0 Å². The van der Waals surface area contributed by atoms with E-state index in [0.29, 0.717) is 19.4 Å². The zero-order valence-electron chi connectivity index (χ0n) is 16.1. The lowest BCUT2D eigenvalue weighted by atomic mass is 10.1. The molecule has 0 saturated carbocycles. The fraction of sp³-hybridized carbons (Fsp3) is 0.333. The molecule has 1 aliphatic rings. The summed E-state index contributed by atoms with van der Waals surface area (Å²) >= 11 is 5.94. The summed E-state index contributed by atoms with van der Waals surface area (Å²) in [4.78, 5) is 27.2. The van der Waals surface area contributed by atoms with E-state index < -0.39 is 0 Å². The molecule has 0 fully saturated rings. The molecule has 1 aromatic rings. The number of aliphatic imine (C=N–C) groups is 2. The Morgan fingerprint density at radius 1 is 1.48 bits per heavy atom. The van der Waals surface area contributed by atoms with E-state index in [1.165, 1.54) is 0 Å². The second kappa shape index (κ2) is 9.97. The molecule has 0 saturated heterocycles. The first-order valence-corrected chi connectivity index (χ1v) is 9.35. The number of pyridine rings is 1. The van der Waals surface area contributed by atoms with Gasteiger partial charge >= 0.3 is 0 Å². The van der Waals surface area contributed by atoms with Crippen molar-refractivity contribution >= 4 is 34.3 Å². The zero-order chi connectivity index (χ0) is 19.8. The minimum atomic E-state index is 0.0331. The first-order valence-electron chi connectivity index (χ1n) is 8.97. The summed E-state index contributed by atoms with van der Waals surface area (Å²) in [5, 5.41) is 0.217. The van der Waals surface area contributed by atoms with E-state index in [-0.39, 0.29) is 11.2 Å². The molecule has 0 unspecified atom stereocenters. The second-order valence-electron chi connectivity index (χ2n) is 6.06. The van der Waals surface area contributed by atoms with Gasteiger partial charge < -0.3 is 0 Å². The number of aromatic nitrogens is 1. The Hall–Kier alpha value is -2.53. The highest BCUT2D eigenvalue weighted by atomic mass is 35.5. The standard InChI is InChI=1S/C21H25ClN4O/c1-5-8-15(9-6-2)12-19(27)26-11-10-16-13-17(14-24-20(16)26)18(7-3)25-21(22)23-4/h5-6,8-9,13-14H,1,7,10-12H2,2-4H3/b9-6-,15-8+,23-21?,25-18+. The van der Waals surface area contributed by atoms with E-state index in [0.717, 1.165) is 34.7 Å². The normalized spacial score (nSPS) is 15.4. The number of halogens is 1. The molecule has 2 rings (SSSR count). The molecule has 0 atom stereocenters. The van der Waals surface area contributed by atoms with Crippen LogP contribution >= 0.6 is 11.6 Å². The molecule has 5 nitrogen and oxygen atoms in total. The minimum absolute atomic E-state index is 0.0331. The predicted octanol–water partition coefficient (Wildman–Crippen LogP) is 4.47. The first kappa shape index (κ1) is 20.8. The van der Waals surface area contributed by atoms with Crippen LogP contribution in [-0.4, -0.2) is 35.5 Å². The summed E-state index contributed by atoms with van der Waals surface area (Å²) in [5.74, 6) is 0.763. The van der Waals surface area contributed by atoms with Crippen LogP contribution in [0.5, 0.6) is 0 Å². The van der Waals surface area contributed by atoms with E-state index >= 15 is 0 Å². The Morgan fingerprint density at radius 2 is 2.26 bits per heavy atom. The highest BCUT2D eigenvalue weighted by Gasteiger charge is 2.26. The Morgan fingerprint density at radius 3 is 2.89 bits per heavy atom. The Balaban J connectivity index is 2.25. The lowest BCUT2D eigenvalue weighted by Gasteiger charge is -2.17. The van der Waals surface area contributed by atoms with Gasteiger partial charge in [-0.15, -0.1) is 0 Å². The van der Waals surface area contributed by atoms with Crippen molar-refractivity contribution in [3.8, 4) is 0 Å². The number of hydrogen-bond acceptors (Lipinski definition) is 3. The summed E-state index contributed by atoms with van der Waals surface area (Å²) in [6, 6.07) is 2.05. The molecule has 2 heterocycles. The molecule has 27 heavy (non-hydrogen) atoms. The molecule has 0 spiro atoms. The van der Waals surface area contributed by atoms with Gasteiger partial charge in [0.15, 0.2) is 0 Å². The highest BCUT2D eigenvalue weighted by molar-refractivity contribution is 6.65. The van der Waals surface area contributed by atoms with Gasteiger partial charge in [-0.3, -0.25) is 14.7 Å². The first-order chi connectivity index (χ1) is 13.0. The van der Waals surface area contributed by atoms with Gasteiger partial charge in [0.1, 0.15) is 5.82 Å². The van der Waals surface area contributed by atoms with Crippen molar-refractivity contribution in [3.63, 3.8) is 0 Å². The lowest BCUT2D eigenvalue weighted by Crippen LogP contribution is -2.29. The number of carbonyl (C=O) groups excluding carboxylic acids is 1. The molecule has 1 aliphatic heterocycles. The molecule has 0 N–H and O–H groups in total. The third kappa shape index (κ3) is 5.23. The minimum Gasteiger partial charge on any atom is -0.296 e. The van der Waals surface area contributed by atoms with Crippen LogP contribution in [0.3, 0.4) is 0 Å². The summed E-state index contributed by atoms with van der Waals surface area (Å²) in [6.07, 6.45) is 11.0. The van der Waals surface area contributed by atoms with Crippen molar-refractivity contribution in [1.82, 2.24) is 4.98 Å². The molecule has 6 heteroatoms. The van der Waals surface area contributed by atoms with Gasteiger partial charge in [0.05, 0.1) is 12.1 Å². The quantitative estimate of drug-likeness (QED) is 0.314. The van der Waals surface area contributed by atoms with E-state index in [2.05, 4.69) is 21.5 Å². The van der Waals surface area contributed by atoms with Crippen LogP contribution < -0.4 is 4.90 Å². The van der Waals surface area contributed by atoms with Gasteiger partial charge in [-0.1, -0.05) is 37.8 Å². The van der Waals surface area contributed by atoms with Gasteiger partial charge in [-0.05, 0) is 48.6 Å². The molecule has 142 valence electrons. The monoisotopic (exact) mass is 384 g/mol. The molecule has 0 aromatic carbocycles. The van der Waals surface area contributed by atoms with Gasteiger partial charge in [0.2, 0.25) is 11.2 Å². The van der Waals surface area contributed by atoms with Crippen molar-refractivity contribution in [2.45, 2.75) is 33.1 Å². The van der Waals surface area contributed by atoms with E-state index in [9.17, 15) is 4.79 Å². The average Bonchev–Trinajstić information content (AvgIpc) is 3.09. The summed E-state index contributed by atoms with van der Waals surface area (Å²) in [6.45, 7) is 8.28. The number of allylic oxidation sites excluding steroid dienone is 4. The Kier molecular flexibility index (Phi) is 7.67. The molecular weight excluding hydrogens is 360 g/mol. The van der Waals surface area contributed by atoms with Gasteiger partial charge in [0.25, 0.3) is 0 Å². The molecule has 1 aromatic heterocycles. The summed E-state index contributed by atoms with van der Waals surface area (Å²) in [7, 11) is 1.60. The van der Waals surface area contributed by atoms with Crippen LogP contribution in [0.25, 0.3) is 0 Å². The number of amides is 1. The fourth-order valence-electron chi connectivity index (χ4n) is 2.99. The maximum absolute atomic E-state index is 12.7. The van der Waals surface area contributed by atoms with Gasteiger partial charge in [0, 0.05) is 25.4 Å². The smallest absolute Gasteiger partial charge is 0.232 e. The number of carbonyl (C=O) groups is 1. The van der Waals surface area contributed by atoms with Crippen molar-refractivity contribution in [2.24, 2.45) is 9.98 Å². The Bertz CT molecular complexity index is 837. The number of fused-ring (bicyclic) bond motifs is 1. The summed E-state index contributed by atoms with van der Waals surface area (Å²) in [5.41, 5.74) is 3.71. The number of anilines is 1. The molecular formula is C21H25ClN4O. The second-order valence-corrected chi connectivity index (χ2v) is 6.40. The lowest BCUT2D eigenvalue weighted by molar-refractivity contribution is -0.117.